The Morgan fingerprint density at radius 1 is 1.50 bits per heavy atom. The summed E-state index contributed by atoms with van der Waals surface area (Å²) in [6, 6.07) is 3.67. The van der Waals surface area contributed by atoms with Crippen molar-refractivity contribution in [1.82, 2.24) is 9.55 Å². The third-order valence-electron chi connectivity index (χ3n) is 2.71. The van der Waals surface area contributed by atoms with Crippen LogP contribution in [0.4, 0.5) is 5.13 Å². The van der Waals surface area contributed by atoms with E-state index in [1.807, 2.05) is 17.5 Å². The van der Waals surface area contributed by atoms with E-state index in [-0.39, 0.29) is 5.56 Å². The van der Waals surface area contributed by atoms with Gasteiger partial charge >= 0.3 is 0 Å². The zero-order chi connectivity index (χ0) is 13.0. The van der Waals surface area contributed by atoms with Crippen LogP contribution in [0, 0.1) is 0 Å². The van der Waals surface area contributed by atoms with E-state index in [0.717, 1.165) is 30.2 Å². The molecule has 0 radical (unpaired) electrons. The Kier molecular flexibility index (Phi) is 4.15. The summed E-state index contributed by atoms with van der Waals surface area (Å²) in [4.78, 5) is 16.4. The third kappa shape index (κ3) is 2.79. The number of rotatable bonds is 5. The second-order valence-electron chi connectivity index (χ2n) is 4.16. The molecule has 2 heterocycles. The number of hydrogen-bond acceptors (Lipinski definition) is 4. The Labute approximate surface area is 110 Å². The Hall–Kier alpha value is -1.62. The molecule has 96 valence electrons. The lowest BCUT2D eigenvalue weighted by Crippen LogP contribution is -2.17. The number of aromatic nitrogens is 2. The van der Waals surface area contributed by atoms with Gasteiger partial charge in [0, 0.05) is 25.2 Å². The van der Waals surface area contributed by atoms with E-state index in [0.29, 0.717) is 5.56 Å². The zero-order valence-corrected chi connectivity index (χ0v) is 11.5. The van der Waals surface area contributed by atoms with Gasteiger partial charge in [-0.25, -0.2) is 4.98 Å². The van der Waals surface area contributed by atoms with Crippen LogP contribution in [0.25, 0.3) is 11.3 Å². The highest BCUT2D eigenvalue weighted by atomic mass is 32.1. The van der Waals surface area contributed by atoms with Crippen molar-refractivity contribution in [3.63, 3.8) is 0 Å². The number of nitrogens with one attached hydrogen (secondary N) is 1. The van der Waals surface area contributed by atoms with Crippen LogP contribution >= 0.6 is 11.3 Å². The minimum Gasteiger partial charge on any atom is -0.362 e. The molecule has 2 rings (SSSR count). The third-order valence-corrected chi connectivity index (χ3v) is 3.51. The van der Waals surface area contributed by atoms with Gasteiger partial charge in [-0.05, 0) is 18.6 Å². The molecule has 0 aliphatic rings. The van der Waals surface area contributed by atoms with Crippen molar-refractivity contribution in [2.45, 2.75) is 19.8 Å². The first-order valence-corrected chi connectivity index (χ1v) is 6.95. The highest BCUT2D eigenvalue weighted by molar-refractivity contribution is 7.14. The second-order valence-corrected chi connectivity index (χ2v) is 5.01. The fourth-order valence-electron chi connectivity index (χ4n) is 1.64. The molecule has 0 amide bonds. The molecule has 18 heavy (non-hydrogen) atoms. The first-order chi connectivity index (χ1) is 8.72. The maximum Gasteiger partial charge on any atom is 0.259 e. The summed E-state index contributed by atoms with van der Waals surface area (Å²) < 4.78 is 1.57. The van der Waals surface area contributed by atoms with Crippen molar-refractivity contribution in [2.24, 2.45) is 7.05 Å². The lowest BCUT2D eigenvalue weighted by Gasteiger charge is -2.00. The second kappa shape index (κ2) is 5.82. The van der Waals surface area contributed by atoms with E-state index in [4.69, 9.17) is 0 Å². The van der Waals surface area contributed by atoms with Gasteiger partial charge in [-0.15, -0.1) is 11.3 Å². The van der Waals surface area contributed by atoms with E-state index in [1.165, 1.54) is 11.3 Å². The van der Waals surface area contributed by atoms with E-state index >= 15 is 0 Å². The van der Waals surface area contributed by atoms with Gasteiger partial charge in [0.1, 0.15) is 0 Å². The molecule has 0 fully saturated rings. The van der Waals surface area contributed by atoms with Crippen LogP contribution in [0.2, 0.25) is 0 Å². The van der Waals surface area contributed by atoms with E-state index in [9.17, 15) is 4.79 Å². The molecule has 1 N–H and O–H groups in total. The minimum atomic E-state index is -0.0112. The van der Waals surface area contributed by atoms with Gasteiger partial charge in [-0.1, -0.05) is 13.3 Å². The Balaban J connectivity index is 2.19. The van der Waals surface area contributed by atoms with Gasteiger partial charge in [0.05, 0.1) is 11.3 Å². The number of aryl methyl sites for hydroxylation is 1. The number of nitrogens with zero attached hydrogens (tertiary/aromatic N) is 2. The molecule has 0 saturated carbocycles. The molecule has 0 saturated heterocycles. The maximum absolute atomic E-state index is 11.9. The Bertz CT molecular complexity index is 574. The smallest absolute Gasteiger partial charge is 0.259 e. The van der Waals surface area contributed by atoms with Crippen LogP contribution in [0.1, 0.15) is 19.8 Å². The standard InChI is InChI=1S/C13H17N3OS/c1-3-4-7-14-13-15-11(9-18-13)10-6-5-8-16(2)12(10)17/h5-6,8-9H,3-4,7H2,1-2H3,(H,14,15). The summed E-state index contributed by atoms with van der Waals surface area (Å²) in [6.45, 7) is 3.08. The van der Waals surface area contributed by atoms with E-state index < -0.39 is 0 Å². The molecule has 0 aliphatic heterocycles. The number of unbranched alkanes of at least 4 members (excludes halogenated alkanes) is 1. The van der Waals surface area contributed by atoms with E-state index in [1.54, 1.807) is 17.8 Å². The van der Waals surface area contributed by atoms with Crippen molar-refractivity contribution in [2.75, 3.05) is 11.9 Å². The van der Waals surface area contributed by atoms with Gasteiger partial charge in [0.2, 0.25) is 0 Å². The van der Waals surface area contributed by atoms with Crippen molar-refractivity contribution >= 4 is 16.5 Å². The molecule has 2 aromatic heterocycles. The number of pyridine rings is 1. The van der Waals surface area contributed by atoms with Crippen LogP contribution in [0.15, 0.2) is 28.5 Å². The summed E-state index contributed by atoms with van der Waals surface area (Å²) in [5.41, 5.74) is 1.39. The highest BCUT2D eigenvalue weighted by Crippen LogP contribution is 2.22. The topological polar surface area (TPSA) is 46.9 Å². The summed E-state index contributed by atoms with van der Waals surface area (Å²) in [5.74, 6) is 0. The first-order valence-electron chi connectivity index (χ1n) is 6.07. The van der Waals surface area contributed by atoms with Gasteiger partial charge in [-0.2, -0.15) is 0 Å². The lowest BCUT2D eigenvalue weighted by molar-refractivity contribution is 0.833. The van der Waals surface area contributed by atoms with Crippen LogP contribution in [-0.4, -0.2) is 16.1 Å². The highest BCUT2D eigenvalue weighted by Gasteiger charge is 2.08. The van der Waals surface area contributed by atoms with Gasteiger partial charge in [-0.3, -0.25) is 4.79 Å². The monoisotopic (exact) mass is 263 g/mol. The van der Waals surface area contributed by atoms with Crippen molar-refractivity contribution in [3.05, 3.63) is 34.1 Å². The summed E-state index contributed by atoms with van der Waals surface area (Å²) in [6.07, 6.45) is 4.03. The number of hydrogen-bond donors (Lipinski definition) is 1. The molecule has 0 spiro atoms. The summed E-state index contributed by atoms with van der Waals surface area (Å²) >= 11 is 1.54. The quantitative estimate of drug-likeness (QED) is 0.844. The maximum atomic E-state index is 11.9. The summed E-state index contributed by atoms with van der Waals surface area (Å²) in [5, 5.41) is 6.07. The minimum absolute atomic E-state index is 0.0112. The molecule has 0 aromatic carbocycles. The Morgan fingerprint density at radius 3 is 3.11 bits per heavy atom. The molecular formula is C13H17N3OS. The van der Waals surface area contributed by atoms with Crippen molar-refractivity contribution in [3.8, 4) is 11.3 Å². The molecule has 0 atom stereocenters. The molecule has 0 aliphatic carbocycles. The van der Waals surface area contributed by atoms with Crippen LogP contribution in [0.3, 0.4) is 0 Å². The van der Waals surface area contributed by atoms with Crippen molar-refractivity contribution in [1.29, 1.82) is 0 Å². The fourth-order valence-corrected chi connectivity index (χ4v) is 2.38. The molecule has 5 heteroatoms. The zero-order valence-electron chi connectivity index (χ0n) is 10.6. The molecule has 4 nitrogen and oxygen atoms in total. The normalized spacial score (nSPS) is 10.6. The van der Waals surface area contributed by atoms with Crippen LogP contribution in [0.5, 0.6) is 0 Å². The SMILES string of the molecule is CCCCNc1nc(-c2cccn(C)c2=O)cs1. The average molecular weight is 263 g/mol. The predicted molar refractivity (Wildman–Crippen MR) is 76.2 cm³/mol. The number of thiazole rings is 1. The predicted octanol–water partition coefficient (Wildman–Crippen LogP) is 2.72. The fraction of sp³-hybridized carbons (Fsp3) is 0.385. The van der Waals surface area contributed by atoms with Crippen LogP contribution in [-0.2, 0) is 7.05 Å². The molecular weight excluding hydrogens is 246 g/mol. The van der Waals surface area contributed by atoms with Gasteiger partial charge in [0.25, 0.3) is 5.56 Å². The number of anilines is 1. The van der Waals surface area contributed by atoms with Crippen LogP contribution < -0.4 is 10.9 Å². The first kappa shape index (κ1) is 12.8. The largest absolute Gasteiger partial charge is 0.362 e. The average Bonchev–Trinajstić information content (AvgIpc) is 2.82. The lowest BCUT2D eigenvalue weighted by atomic mass is 10.2. The van der Waals surface area contributed by atoms with E-state index in [2.05, 4.69) is 17.2 Å². The Morgan fingerprint density at radius 2 is 2.33 bits per heavy atom. The molecule has 0 unspecified atom stereocenters. The summed E-state index contributed by atoms with van der Waals surface area (Å²) in [7, 11) is 1.75. The molecule has 0 bridgehead atoms. The van der Waals surface area contributed by atoms with Gasteiger partial charge in [0.15, 0.2) is 5.13 Å². The van der Waals surface area contributed by atoms with Crippen molar-refractivity contribution < 1.29 is 0 Å². The van der Waals surface area contributed by atoms with Gasteiger partial charge < -0.3 is 9.88 Å². The molecule has 2 aromatic rings.